The van der Waals surface area contributed by atoms with Crippen LogP contribution in [0.3, 0.4) is 0 Å². The fraction of sp³-hybridized carbons (Fsp3) is 0.846. The van der Waals surface area contributed by atoms with Crippen LogP contribution in [0.1, 0.15) is 32.1 Å². The molecule has 19 heavy (non-hydrogen) atoms. The number of rotatable bonds is 6. The third kappa shape index (κ3) is 4.38. The van der Waals surface area contributed by atoms with Crippen LogP contribution in [0.25, 0.3) is 0 Å². The van der Waals surface area contributed by atoms with E-state index in [0.717, 1.165) is 10.9 Å². The zero-order valence-electron chi connectivity index (χ0n) is 11.5. The van der Waals surface area contributed by atoms with Crippen molar-refractivity contribution in [3.05, 3.63) is 0 Å². The first-order valence-electron chi connectivity index (χ1n) is 6.95. The molecule has 2 N–H and O–H groups in total. The summed E-state index contributed by atoms with van der Waals surface area (Å²) in [5.41, 5.74) is 0.310. The number of hydrogen-bond acceptors (Lipinski definition) is 4. The second kappa shape index (κ2) is 7.14. The number of amides is 1. The molecule has 1 amide bonds. The molecule has 1 aliphatic carbocycles. The maximum atomic E-state index is 11.5. The maximum absolute atomic E-state index is 11.5. The lowest BCUT2D eigenvalue weighted by atomic mass is 10.0. The van der Waals surface area contributed by atoms with Crippen LogP contribution in [0.4, 0.5) is 0 Å². The van der Waals surface area contributed by atoms with Crippen LogP contribution in [0.5, 0.6) is 0 Å². The van der Waals surface area contributed by atoms with Gasteiger partial charge in [-0.2, -0.15) is 0 Å². The molecule has 1 saturated heterocycles. The van der Waals surface area contributed by atoms with Crippen LogP contribution in [0, 0.1) is 0 Å². The fourth-order valence-electron chi connectivity index (χ4n) is 2.55. The molecule has 0 aromatic carbocycles. The van der Waals surface area contributed by atoms with E-state index in [1.165, 1.54) is 25.7 Å². The number of thioether (sulfide) groups is 1. The quantitative estimate of drug-likeness (QED) is 0.719. The molecule has 1 spiro atoms. The minimum atomic E-state index is 0.0416. The van der Waals surface area contributed by atoms with Crippen LogP contribution in [-0.2, 0) is 9.53 Å². The SMILES string of the molecule is COCCNC(=O)CCN=C1NC2(CCCC2)CS1. The summed E-state index contributed by atoms with van der Waals surface area (Å²) in [6, 6.07) is 0. The lowest BCUT2D eigenvalue weighted by Crippen LogP contribution is -2.40. The first-order chi connectivity index (χ1) is 9.24. The molecule has 0 unspecified atom stereocenters. The van der Waals surface area contributed by atoms with Crippen molar-refractivity contribution in [2.45, 2.75) is 37.6 Å². The van der Waals surface area contributed by atoms with Gasteiger partial charge in [0, 0.05) is 31.4 Å². The molecule has 2 rings (SSSR count). The topological polar surface area (TPSA) is 62.7 Å². The number of methoxy groups -OCH3 is 1. The molecule has 1 saturated carbocycles. The zero-order valence-corrected chi connectivity index (χ0v) is 12.4. The van der Waals surface area contributed by atoms with Gasteiger partial charge in [-0.3, -0.25) is 9.79 Å². The summed E-state index contributed by atoms with van der Waals surface area (Å²) in [5, 5.41) is 7.37. The smallest absolute Gasteiger partial charge is 0.221 e. The van der Waals surface area contributed by atoms with Crippen molar-refractivity contribution < 1.29 is 9.53 Å². The summed E-state index contributed by atoms with van der Waals surface area (Å²) in [4.78, 5) is 16.0. The van der Waals surface area contributed by atoms with Crippen LogP contribution in [-0.4, -0.2) is 49.2 Å². The molecular formula is C13H23N3O2S. The third-order valence-electron chi connectivity index (χ3n) is 3.64. The minimum Gasteiger partial charge on any atom is -0.383 e. The molecule has 5 nitrogen and oxygen atoms in total. The van der Waals surface area contributed by atoms with Crippen molar-refractivity contribution in [1.29, 1.82) is 0 Å². The number of nitrogens with zero attached hydrogens (tertiary/aromatic N) is 1. The highest BCUT2D eigenvalue weighted by atomic mass is 32.2. The van der Waals surface area contributed by atoms with Gasteiger partial charge in [-0.15, -0.1) is 0 Å². The average Bonchev–Trinajstić information content (AvgIpc) is 3.01. The van der Waals surface area contributed by atoms with E-state index in [9.17, 15) is 4.79 Å². The van der Waals surface area contributed by atoms with Crippen LogP contribution >= 0.6 is 11.8 Å². The van der Waals surface area contributed by atoms with Gasteiger partial charge in [0.1, 0.15) is 0 Å². The van der Waals surface area contributed by atoms with Crippen molar-refractivity contribution in [3.63, 3.8) is 0 Å². The highest BCUT2D eigenvalue weighted by Crippen LogP contribution is 2.37. The Morgan fingerprint density at radius 3 is 3.05 bits per heavy atom. The number of carbonyl (C=O) groups is 1. The number of carbonyl (C=O) groups excluding carboxylic acids is 1. The molecule has 0 radical (unpaired) electrons. The zero-order chi connectivity index (χ0) is 13.6. The summed E-state index contributed by atoms with van der Waals surface area (Å²) in [6.07, 6.45) is 5.61. The monoisotopic (exact) mass is 285 g/mol. The largest absolute Gasteiger partial charge is 0.383 e. The molecule has 0 atom stereocenters. The molecule has 1 heterocycles. The van der Waals surface area contributed by atoms with Gasteiger partial charge in [0.2, 0.25) is 5.91 Å². The number of amidine groups is 1. The molecule has 2 fully saturated rings. The van der Waals surface area contributed by atoms with Gasteiger partial charge in [0.15, 0.2) is 5.17 Å². The lowest BCUT2D eigenvalue weighted by Gasteiger charge is -2.21. The van der Waals surface area contributed by atoms with E-state index in [-0.39, 0.29) is 5.91 Å². The molecule has 0 aromatic heterocycles. The molecule has 1 aliphatic heterocycles. The van der Waals surface area contributed by atoms with Gasteiger partial charge < -0.3 is 15.4 Å². The summed E-state index contributed by atoms with van der Waals surface area (Å²) in [5.74, 6) is 1.17. The Labute approximate surface area is 119 Å². The van der Waals surface area contributed by atoms with Crippen LogP contribution in [0.15, 0.2) is 4.99 Å². The molecule has 6 heteroatoms. The first kappa shape index (κ1) is 14.7. The molecule has 2 aliphatic rings. The minimum absolute atomic E-state index is 0.0416. The predicted molar refractivity (Wildman–Crippen MR) is 78.6 cm³/mol. The highest BCUT2D eigenvalue weighted by Gasteiger charge is 2.39. The van der Waals surface area contributed by atoms with Crippen molar-refractivity contribution >= 4 is 22.8 Å². The van der Waals surface area contributed by atoms with Gasteiger partial charge >= 0.3 is 0 Å². The van der Waals surface area contributed by atoms with Crippen molar-refractivity contribution in [2.75, 3.05) is 32.6 Å². The third-order valence-corrected chi connectivity index (χ3v) is 4.84. The van der Waals surface area contributed by atoms with Crippen molar-refractivity contribution in [2.24, 2.45) is 4.99 Å². The second-order valence-corrected chi connectivity index (χ2v) is 6.14. The first-order valence-corrected chi connectivity index (χ1v) is 7.94. The lowest BCUT2D eigenvalue weighted by molar-refractivity contribution is -0.121. The molecular weight excluding hydrogens is 262 g/mol. The van der Waals surface area contributed by atoms with E-state index in [2.05, 4.69) is 15.6 Å². The van der Waals surface area contributed by atoms with E-state index in [0.29, 0.717) is 31.7 Å². The number of nitrogens with one attached hydrogen (secondary N) is 2. The van der Waals surface area contributed by atoms with Gasteiger partial charge in [-0.25, -0.2) is 0 Å². The summed E-state index contributed by atoms with van der Waals surface area (Å²) in [7, 11) is 1.62. The summed E-state index contributed by atoms with van der Waals surface area (Å²) in [6.45, 7) is 1.69. The van der Waals surface area contributed by atoms with E-state index in [4.69, 9.17) is 4.74 Å². The Morgan fingerprint density at radius 1 is 1.53 bits per heavy atom. The Balaban J connectivity index is 1.65. The molecule has 108 valence electrons. The Bertz CT molecular complexity index is 341. The van der Waals surface area contributed by atoms with E-state index in [1.54, 1.807) is 18.9 Å². The van der Waals surface area contributed by atoms with Gasteiger partial charge in [0.05, 0.1) is 13.2 Å². The van der Waals surface area contributed by atoms with Gasteiger partial charge in [0.25, 0.3) is 0 Å². The fourth-order valence-corrected chi connectivity index (χ4v) is 3.80. The Morgan fingerprint density at radius 2 is 2.32 bits per heavy atom. The Hall–Kier alpha value is -0.750. The van der Waals surface area contributed by atoms with Crippen LogP contribution in [0.2, 0.25) is 0 Å². The van der Waals surface area contributed by atoms with Crippen LogP contribution < -0.4 is 10.6 Å². The number of hydrogen-bond donors (Lipinski definition) is 2. The standard InChI is InChI=1S/C13H23N3O2S/c1-18-9-8-14-11(17)4-7-15-12-16-13(10-19-12)5-2-3-6-13/h2-10H2,1H3,(H,14,17)(H,15,16). The van der Waals surface area contributed by atoms with Crippen molar-refractivity contribution in [3.8, 4) is 0 Å². The maximum Gasteiger partial charge on any atom is 0.221 e. The van der Waals surface area contributed by atoms with E-state index in [1.807, 2.05) is 0 Å². The summed E-state index contributed by atoms with van der Waals surface area (Å²) >= 11 is 1.80. The average molecular weight is 285 g/mol. The Kier molecular flexibility index (Phi) is 5.51. The number of ether oxygens (including phenoxy) is 1. The van der Waals surface area contributed by atoms with Crippen molar-refractivity contribution in [1.82, 2.24) is 10.6 Å². The van der Waals surface area contributed by atoms with Gasteiger partial charge in [-0.1, -0.05) is 24.6 Å². The molecule has 0 bridgehead atoms. The second-order valence-electron chi connectivity index (χ2n) is 5.18. The predicted octanol–water partition coefficient (Wildman–Crippen LogP) is 1.14. The number of aliphatic imine (C=N–C) groups is 1. The van der Waals surface area contributed by atoms with E-state index < -0.39 is 0 Å². The normalized spacial score (nSPS) is 22.9. The molecule has 0 aromatic rings. The summed E-state index contributed by atoms with van der Waals surface area (Å²) < 4.78 is 4.88. The van der Waals surface area contributed by atoms with E-state index >= 15 is 0 Å². The van der Waals surface area contributed by atoms with Gasteiger partial charge in [-0.05, 0) is 12.8 Å². The highest BCUT2D eigenvalue weighted by molar-refractivity contribution is 8.14.